The van der Waals surface area contributed by atoms with Gasteiger partial charge in [0.2, 0.25) is 17.6 Å². The molecule has 0 saturated heterocycles. The van der Waals surface area contributed by atoms with Crippen LogP contribution in [0.5, 0.6) is 5.75 Å². The van der Waals surface area contributed by atoms with Crippen LogP contribution < -0.4 is 4.74 Å². The van der Waals surface area contributed by atoms with Crippen LogP contribution in [0.25, 0.3) is 11.4 Å². The van der Waals surface area contributed by atoms with E-state index in [4.69, 9.17) is 9.26 Å². The van der Waals surface area contributed by atoms with E-state index in [0.29, 0.717) is 24.9 Å². The minimum atomic E-state index is 0.154. The Labute approximate surface area is 129 Å². The summed E-state index contributed by atoms with van der Waals surface area (Å²) in [5.74, 6) is 2.12. The minimum Gasteiger partial charge on any atom is -0.494 e. The number of benzene rings is 1. The highest BCUT2D eigenvalue weighted by molar-refractivity contribution is 5.80. The van der Waals surface area contributed by atoms with Gasteiger partial charge in [0.05, 0.1) is 13.2 Å². The summed E-state index contributed by atoms with van der Waals surface area (Å²) in [6, 6.07) is 7.52. The quantitative estimate of drug-likeness (QED) is 0.820. The Morgan fingerprint density at radius 3 is 2.73 bits per heavy atom. The molecular formula is C16H19N3O3. The first kappa shape index (κ1) is 14.6. The molecule has 116 valence electrons. The number of amides is 1. The molecule has 0 bridgehead atoms. The molecule has 3 rings (SSSR count). The number of carbonyl (C=O) groups is 1. The van der Waals surface area contributed by atoms with Crippen LogP contribution >= 0.6 is 0 Å². The van der Waals surface area contributed by atoms with Crippen LogP contribution in [0.15, 0.2) is 28.8 Å². The van der Waals surface area contributed by atoms with E-state index in [0.717, 1.165) is 24.2 Å². The van der Waals surface area contributed by atoms with Crippen LogP contribution in [0.4, 0.5) is 0 Å². The molecule has 0 atom stereocenters. The van der Waals surface area contributed by atoms with E-state index < -0.39 is 0 Å². The van der Waals surface area contributed by atoms with E-state index >= 15 is 0 Å². The van der Waals surface area contributed by atoms with Crippen LogP contribution in [0, 0.1) is 5.92 Å². The van der Waals surface area contributed by atoms with E-state index in [1.165, 1.54) is 0 Å². The number of rotatable bonds is 6. The van der Waals surface area contributed by atoms with Gasteiger partial charge in [0.15, 0.2) is 0 Å². The normalized spacial score (nSPS) is 13.9. The topological polar surface area (TPSA) is 68.5 Å². The third-order valence-corrected chi connectivity index (χ3v) is 3.57. The summed E-state index contributed by atoms with van der Waals surface area (Å²) in [5.41, 5.74) is 0.856. The van der Waals surface area contributed by atoms with E-state index in [-0.39, 0.29) is 11.8 Å². The molecule has 0 spiro atoms. The third-order valence-electron chi connectivity index (χ3n) is 3.57. The molecule has 1 fully saturated rings. The second-order valence-electron chi connectivity index (χ2n) is 5.44. The fraction of sp³-hybridized carbons (Fsp3) is 0.438. The highest BCUT2D eigenvalue weighted by atomic mass is 16.5. The molecular weight excluding hydrogens is 282 g/mol. The first-order valence-corrected chi connectivity index (χ1v) is 7.48. The SMILES string of the molecule is CCOc1ccc(-c2noc(CN(C)C(=O)C3CC3)n2)cc1. The molecule has 0 aliphatic heterocycles. The lowest BCUT2D eigenvalue weighted by Gasteiger charge is -2.13. The maximum Gasteiger partial charge on any atom is 0.246 e. The molecule has 1 aromatic carbocycles. The van der Waals surface area contributed by atoms with Crippen molar-refractivity contribution in [3.05, 3.63) is 30.2 Å². The zero-order valence-corrected chi connectivity index (χ0v) is 12.8. The predicted octanol–water partition coefficient (Wildman–Crippen LogP) is 2.50. The van der Waals surface area contributed by atoms with E-state index in [1.807, 2.05) is 31.2 Å². The van der Waals surface area contributed by atoms with Crippen molar-refractivity contribution in [2.45, 2.75) is 26.3 Å². The lowest BCUT2D eigenvalue weighted by atomic mass is 10.2. The van der Waals surface area contributed by atoms with Crippen molar-refractivity contribution in [3.8, 4) is 17.1 Å². The zero-order valence-electron chi connectivity index (χ0n) is 12.8. The molecule has 1 aromatic heterocycles. The maximum atomic E-state index is 11.9. The first-order chi connectivity index (χ1) is 10.7. The molecule has 22 heavy (non-hydrogen) atoms. The molecule has 1 heterocycles. The van der Waals surface area contributed by atoms with Crippen LogP contribution in [-0.2, 0) is 11.3 Å². The minimum absolute atomic E-state index is 0.154. The van der Waals surface area contributed by atoms with Gasteiger partial charge < -0.3 is 14.2 Å². The van der Waals surface area contributed by atoms with E-state index in [9.17, 15) is 4.79 Å². The van der Waals surface area contributed by atoms with E-state index in [2.05, 4.69) is 10.1 Å². The van der Waals surface area contributed by atoms with Gasteiger partial charge in [0.1, 0.15) is 5.75 Å². The Bertz CT molecular complexity index is 647. The van der Waals surface area contributed by atoms with Crippen molar-refractivity contribution in [1.29, 1.82) is 0 Å². The lowest BCUT2D eigenvalue weighted by molar-refractivity contribution is -0.132. The summed E-state index contributed by atoms with van der Waals surface area (Å²) >= 11 is 0. The van der Waals surface area contributed by atoms with Crippen molar-refractivity contribution >= 4 is 5.91 Å². The summed E-state index contributed by atoms with van der Waals surface area (Å²) in [6.45, 7) is 2.92. The van der Waals surface area contributed by atoms with Crippen molar-refractivity contribution in [2.75, 3.05) is 13.7 Å². The Morgan fingerprint density at radius 2 is 2.09 bits per heavy atom. The number of carbonyl (C=O) groups excluding carboxylic acids is 1. The summed E-state index contributed by atoms with van der Waals surface area (Å²) in [4.78, 5) is 17.9. The fourth-order valence-electron chi connectivity index (χ4n) is 2.23. The Hall–Kier alpha value is -2.37. The smallest absolute Gasteiger partial charge is 0.246 e. The number of aromatic nitrogens is 2. The molecule has 0 radical (unpaired) electrons. The van der Waals surface area contributed by atoms with Gasteiger partial charge in [-0.3, -0.25) is 4.79 Å². The number of hydrogen-bond acceptors (Lipinski definition) is 5. The van der Waals surface area contributed by atoms with Gasteiger partial charge in [-0.25, -0.2) is 0 Å². The van der Waals surface area contributed by atoms with Gasteiger partial charge in [0, 0.05) is 18.5 Å². The summed E-state index contributed by atoms with van der Waals surface area (Å²) in [6.07, 6.45) is 1.98. The number of ether oxygens (including phenoxy) is 1. The van der Waals surface area contributed by atoms with Crippen molar-refractivity contribution < 1.29 is 14.1 Å². The maximum absolute atomic E-state index is 11.9. The molecule has 1 amide bonds. The summed E-state index contributed by atoms with van der Waals surface area (Å²) in [5, 5.41) is 3.97. The first-order valence-electron chi connectivity index (χ1n) is 7.48. The van der Waals surface area contributed by atoms with Crippen LogP contribution in [0.2, 0.25) is 0 Å². The monoisotopic (exact) mass is 301 g/mol. The second-order valence-corrected chi connectivity index (χ2v) is 5.44. The van der Waals surface area contributed by atoms with Gasteiger partial charge >= 0.3 is 0 Å². The molecule has 0 N–H and O–H groups in total. The number of nitrogens with zero attached hydrogens (tertiary/aromatic N) is 3. The zero-order chi connectivity index (χ0) is 15.5. The van der Waals surface area contributed by atoms with Crippen LogP contribution in [-0.4, -0.2) is 34.6 Å². The van der Waals surface area contributed by atoms with Crippen LogP contribution in [0.1, 0.15) is 25.7 Å². The average Bonchev–Trinajstić information content (AvgIpc) is 3.27. The van der Waals surface area contributed by atoms with Crippen molar-refractivity contribution in [1.82, 2.24) is 15.0 Å². The lowest BCUT2D eigenvalue weighted by Crippen LogP contribution is -2.27. The largest absolute Gasteiger partial charge is 0.494 e. The second kappa shape index (κ2) is 6.17. The molecule has 2 aromatic rings. The summed E-state index contributed by atoms with van der Waals surface area (Å²) < 4.78 is 10.6. The molecule has 1 saturated carbocycles. The number of hydrogen-bond donors (Lipinski definition) is 0. The predicted molar refractivity (Wildman–Crippen MR) is 80.1 cm³/mol. The van der Waals surface area contributed by atoms with Gasteiger partial charge in [0.25, 0.3) is 0 Å². The Kier molecular flexibility index (Phi) is 4.09. The highest BCUT2D eigenvalue weighted by Crippen LogP contribution is 2.31. The fourth-order valence-corrected chi connectivity index (χ4v) is 2.23. The van der Waals surface area contributed by atoms with E-state index in [1.54, 1.807) is 11.9 Å². The van der Waals surface area contributed by atoms with Crippen molar-refractivity contribution in [3.63, 3.8) is 0 Å². The molecule has 1 aliphatic rings. The standard InChI is InChI=1S/C16H19N3O3/c1-3-21-13-8-6-11(7-9-13)15-17-14(22-18-15)10-19(2)16(20)12-4-5-12/h6-9,12H,3-5,10H2,1-2H3. The van der Waals surface area contributed by atoms with Crippen LogP contribution in [0.3, 0.4) is 0 Å². The summed E-state index contributed by atoms with van der Waals surface area (Å²) in [7, 11) is 1.77. The molecule has 6 nitrogen and oxygen atoms in total. The molecule has 1 aliphatic carbocycles. The third kappa shape index (κ3) is 3.27. The van der Waals surface area contributed by atoms with Crippen molar-refractivity contribution in [2.24, 2.45) is 5.92 Å². The molecule has 0 unspecified atom stereocenters. The van der Waals surface area contributed by atoms with Gasteiger partial charge in [-0.1, -0.05) is 5.16 Å². The Balaban J connectivity index is 1.66. The van der Waals surface area contributed by atoms with Gasteiger partial charge in [-0.15, -0.1) is 0 Å². The highest BCUT2D eigenvalue weighted by Gasteiger charge is 2.32. The van der Waals surface area contributed by atoms with Gasteiger partial charge in [-0.05, 0) is 44.0 Å². The van der Waals surface area contributed by atoms with Gasteiger partial charge in [-0.2, -0.15) is 4.98 Å². The average molecular weight is 301 g/mol. The molecule has 6 heteroatoms. The Morgan fingerprint density at radius 1 is 1.36 bits per heavy atom.